The summed E-state index contributed by atoms with van der Waals surface area (Å²) in [5.74, 6) is -3.10. The van der Waals surface area contributed by atoms with E-state index in [4.69, 9.17) is 9.47 Å². The Morgan fingerprint density at radius 3 is 2.47 bits per heavy atom. The monoisotopic (exact) mass is 515 g/mol. The van der Waals surface area contributed by atoms with Gasteiger partial charge in [-0.2, -0.15) is 0 Å². The lowest BCUT2D eigenvalue weighted by Crippen LogP contribution is -2.21. The zero-order valence-electron chi connectivity index (χ0n) is 17.9. The van der Waals surface area contributed by atoms with Crippen LogP contribution in [0.15, 0.2) is 48.8 Å². The number of carbonyl (C=O) groups is 1. The summed E-state index contributed by atoms with van der Waals surface area (Å²) in [4.78, 5) is 16.8. The minimum Gasteiger partial charge on any atom is -0.497 e. The Morgan fingerprint density at radius 1 is 1.09 bits per heavy atom. The summed E-state index contributed by atoms with van der Waals surface area (Å²) in [7, 11) is 1.26. The molecular formula is C23H22Cl2F3N3O3. The SMILES string of the molecule is COc1cc(F)c(-c2cc(C(=O)Nc3cnccc3O[C@@H]3CCNC3)ccc2F)c(F)c1.Cl.Cl. The zero-order chi connectivity index (χ0) is 22.7. The number of carbonyl (C=O) groups excluding carboxylic acids is 1. The van der Waals surface area contributed by atoms with E-state index in [1.165, 1.54) is 19.4 Å². The second-order valence-electron chi connectivity index (χ2n) is 7.22. The van der Waals surface area contributed by atoms with Crippen molar-refractivity contribution in [2.45, 2.75) is 12.5 Å². The maximum absolute atomic E-state index is 14.5. The van der Waals surface area contributed by atoms with Crippen molar-refractivity contribution in [3.63, 3.8) is 0 Å². The standard InChI is InChI=1S/C23H20F3N3O3.2ClH/c1-31-15-9-18(25)22(19(26)10-15)16-8-13(2-3-17(16)24)23(30)29-20-12-28-7-5-21(20)32-14-4-6-27-11-14;;/h2-3,5,7-10,12,14,27H,4,6,11H2,1H3,(H,29,30);2*1H/t14-;;/m1../s1. The van der Waals surface area contributed by atoms with Crippen LogP contribution in [0.2, 0.25) is 0 Å². The molecule has 34 heavy (non-hydrogen) atoms. The highest BCUT2D eigenvalue weighted by Crippen LogP contribution is 2.33. The largest absolute Gasteiger partial charge is 0.497 e. The van der Waals surface area contributed by atoms with E-state index in [0.29, 0.717) is 18.0 Å². The van der Waals surface area contributed by atoms with Crippen LogP contribution >= 0.6 is 24.8 Å². The molecule has 1 saturated heterocycles. The number of ether oxygens (including phenoxy) is 2. The molecule has 1 amide bonds. The lowest BCUT2D eigenvalue weighted by molar-refractivity contribution is 0.102. The molecular weight excluding hydrogens is 494 g/mol. The number of aromatic nitrogens is 1. The van der Waals surface area contributed by atoms with E-state index in [2.05, 4.69) is 15.6 Å². The van der Waals surface area contributed by atoms with E-state index in [1.807, 2.05) is 0 Å². The Kier molecular flexibility index (Phi) is 9.55. The summed E-state index contributed by atoms with van der Waals surface area (Å²) in [5, 5.41) is 5.86. The Bertz CT molecular complexity index is 1140. The zero-order valence-corrected chi connectivity index (χ0v) is 19.6. The van der Waals surface area contributed by atoms with E-state index < -0.39 is 28.9 Å². The maximum atomic E-state index is 14.5. The van der Waals surface area contributed by atoms with Crippen molar-refractivity contribution < 1.29 is 27.4 Å². The third-order valence-electron chi connectivity index (χ3n) is 5.09. The summed E-state index contributed by atoms with van der Waals surface area (Å²) < 4.78 is 54.1. The first-order chi connectivity index (χ1) is 15.5. The quantitative estimate of drug-likeness (QED) is 0.482. The molecule has 2 N–H and O–H groups in total. The third-order valence-corrected chi connectivity index (χ3v) is 5.09. The molecule has 3 aromatic rings. The molecule has 0 radical (unpaired) electrons. The van der Waals surface area contributed by atoms with Gasteiger partial charge in [0.05, 0.1) is 18.9 Å². The van der Waals surface area contributed by atoms with Crippen molar-refractivity contribution >= 4 is 36.4 Å². The van der Waals surface area contributed by atoms with E-state index in [1.54, 1.807) is 12.3 Å². The minimum atomic E-state index is -1.01. The maximum Gasteiger partial charge on any atom is 0.255 e. The molecule has 6 nitrogen and oxygen atoms in total. The highest BCUT2D eigenvalue weighted by Gasteiger charge is 2.21. The first kappa shape index (κ1) is 27.2. The number of pyridine rings is 1. The van der Waals surface area contributed by atoms with Gasteiger partial charge < -0.3 is 20.1 Å². The summed E-state index contributed by atoms with van der Waals surface area (Å²) in [6.07, 6.45) is 3.77. The summed E-state index contributed by atoms with van der Waals surface area (Å²) in [6, 6.07) is 6.83. The predicted octanol–water partition coefficient (Wildman–Crippen LogP) is 5.01. The molecule has 0 saturated carbocycles. The van der Waals surface area contributed by atoms with E-state index >= 15 is 0 Å². The molecule has 182 valence electrons. The average molecular weight is 516 g/mol. The van der Waals surface area contributed by atoms with Gasteiger partial charge >= 0.3 is 0 Å². The Morgan fingerprint density at radius 2 is 1.82 bits per heavy atom. The number of amides is 1. The van der Waals surface area contributed by atoms with Crippen LogP contribution in [0, 0.1) is 17.5 Å². The summed E-state index contributed by atoms with van der Waals surface area (Å²) >= 11 is 0. The van der Waals surface area contributed by atoms with Crippen LogP contribution in [0.1, 0.15) is 16.8 Å². The van der Waals surface area contributed by atoms with Gasteiger partial charge in [0.1, 0.15) is 40.7 Å². The van der Waals surface area contributed by atoms with E-state index in [0.717, 1.165) is 37.2 Å². The van der Waals surface area contributed by atoms with Crippen molar-refractivity contribution in [1.29, 1.82) is 0 Å². The van der Waals surface area contributed by atoms with Gasteiger partial charge in [-0.3, -0.25) is 9.78 Å². The number of nitrogens with one attached hydrogen (secondary N) is 2. The molecule has 1 aliphatic rings. The van der Waals surface area contributed by atoms with Crippen molar-refractivity contribution in [3.8, 4) is 22.6 Å². The van der Waals surface area contributed by atoms with Crippen molar-refractivity contribution in [1.82, 2.24) is 10.3 Å². The van der Waals surface area contributed by atoms with Gasteiger partial charge in [-0.25, -0.2) is 13.2 Å². The van der Waals surface area contributed by atoms with Gasteiger partial charge in [-0.1, -0.05) is 0 Å². The third kappa shape index (κ3) is 5.91. The minimum absolute atomic E-state index is 0. The number of halogens is 5. The number of hydrogen-bond donors (Lipinski definition) is 2. The fraction of sp³-hybridized carbons (Fsp3) is 0.217. The molecule has 1 aliphatic heterocycles. The molecule has 2 aromatic carbocycles. The second kappa shape index (κ2) is 11.9. The first-order valence-electron chi connectivity index (χ1n) is 9.92. The van der Waals surface area contributed by atoms with Crippen LogP contribution in [-0.2, 0) is 0 Å². The smallest absolute Gasteiger partial charge is 0.255 e. The van der Waals surface area contributed by atoms with Gasteiger partial charge in [-0.15, -0.1) is 24.8 Å². The lowest BCUT2D eigenvalue weighted by Gasteiger charge is -2.16. The lowest BCUT2D eigenvalue weighted by atomic mass is 10.0. The van der Waals surface area contributed by atoms with Crippen LogP contribution in [0.5, 0.6) is 11.5 Å². The molecule has 1 aromatic heterocycles. The van der Waals surface area contributed by atoms with Gasteiger partial charge in [0.15, 0.2) is 0 Å². The predicted molar refractivity (Wildman–Crippen MR) is 127 cm³/mol. The molecule has 11 heteroatoms. The molecule has 0 aliphatic carbocycles. The number of methoxy groups -OCH3 is 1. The first-order valence-corrected chi connectivity index (χ1v) is 9.92. The van der Waals surface area contributed by atoms with Crippen molar-refractivity contribution in [3.05, 3.63) is 71.8 Å². The van der Waals surface area contributed by atoms with E-state index in [9.17, 15) is 18.0 Å². The van der Waals surface area contributed by atoms with E-state index in [-0.39, 0.29) is 47.8 Å². The van der Waals surface area contributed by atoms with Crippen molar-refractivity contribution in [2.75, 3.05) is 25.5 Å². The fourth-order valence-corrected chi connectivity index (χ4v) is 3.46. The number of hydrogen-bond acceptors (Lipinski definition) is 5. The Labute approximate surface area is 206 Å². The van der Waals surface area contributed by atoms with Gasteiger partial charge in [0.2, 0.25) is 0 Å². The Hall–Kier alpha value is -3.01. The normalized spacial score (nSPS) is 14.5. The second-order valence-corrected chi connectivity index (χ2v) is 7.22. The summed E-state index contributed by atoms with van der Waals surface area (Å²) in [5.41, 5.74) is -0.627. The van der Waals surface area contributed by atoms with Crippen LogP contribution in [0.25, 0.3) is 11.1 Å². The molecule has 2 heterocycles. The van der Waals surface area contributed by atoms with Crippen LogP contribution in [0.4, 0.5) is 18.9 Å². The highest BCUT2D eigenvalue weighted by molar-refractivity contribution is 6.05. The molecule has 1 fully saturated rings. The summed E-state index contributed by atoms with van der Waals surface area (Å²) in [6.45, 7) is 1.53. The fourth-order valence-electron chi connectivity index (χ4n) is 3.46. The molecule has 0 unspecified atom stereocenters. The molecule has 0 bridgehead atoms. The van der Waals surface area contributed by atoms with Gasteiger partial charge in [0.25, 0.3) is 5.91 Å². The number of rotatable bonds is 6. The molecule has 4 rings (SSSR count). The van der Waals surface area contributed by atoms with Gasteiger partial charge in [0, 0.05) is 42.1 Å². The molecule has 0 spiro atoms. The average Bonchev–Trinajstić information content (AvgIpc) is 3.29. The molecule has 1 atom stereocenters. The van der Waals surface area contributed by atoms with Crippen LogP contribution < -0.4 is 20.1 Å². The van der Waals surface area contributed by atoms with Crippen LogP contribution in [-0.4, -0.2) is 37.2 Å². The number of benzene rings is 2. The highest BCUT2D eigenvalue weighted by atomic mass is 35.5. The Balaban J connectivity index is 0.00000204. The number of nitrogens with zero attached hydrogens (tertiary/aromatic N) is 1. The topological polar surface area (TPSA) is 72.5 Å². The van der Waals surface area contributed by atoms with Crippen LogP contribution in [0.3, 0.4) is 0 Å². The van der Waals surface area contributed by atoms with Crippen molar-refractivity contribution in [2.24, 2.45) is 0 Å². The van der Waals surface area contributed by atoms with Gasteiger partial charge in [-0.05, 0) is 31.2 Å². The number of anilines is 1.